The maximum Gasteiger partial charge on any atom is 0.303 e. The summed E-state index contributed by atoms with van der Waals surface area (Å²) >= 11 is 0. The van der Waals surface area contributed by atoms with Gasteiger partial charge in [-0.05, 0) is 110 Å². The van der Waals surface area contributed by atoms with Crippen molar-refractivity contribution >= 4 is 5.97 Å². The van der Waals surface area contributed by atoms with Gasteiger partial charge < -0.3 is 20.1 Å². The molecular weight excluding hydrogens is 488 g/mol. The Morgan fingerprint density at radius 2 is 1.85 bits per heavy atom. The van der Waals surface area contributed by atoms with Crippen LogP contribution in [0, 0.1) is 33.5 Å². The number of carbonyl (C=O) groups excluding carboxylic acids is 1. The largest absolute Gasteiger partial charge is 0.455 e. The molecule has 1 spiro atoms. The van der Waals surface area contributed by atoms with Gasteiger partial charge in [0, 0.05) is 17.8 Å². The van der Waals surface area contributed by atoms with Crippen molar-refractivity contribution in [2.24, 2.45) is 33.5 Å². The molecule has 10 unspecified atom stereocenters. The van der Waals surface area contributed by atoms with Crippen LogP contribution in [0.4, 0.5) is 0 Å². The molecular formula is C34H52O5. The van der Waals surface area contributed by atoms with Gasteiger partial charge in [-0.15, -0.1) is 0 Å². The van der Waals surface area contributed by atoms with E-state index < -0.39 is 23.8 Å². The summed E-state index contributed by atoms with van der Waals surface area (Å²) in [5, 5.41) is 33.5. The van der Waals surface area contributed by atoms with Gasteiger partial charge in [-0.3, -0.25) is 4.79 Å². The van der Waals surface area contributed by atoms with Crippen molar-refractivity contribution in [2.45, 2.75) is 137 Å². The van der Waals surface area contributed by atoms with E-state index in [1.807, 2.05) is 19.1 Å². The summed E-state index contributed by atoms with van der Waals surface area (Å²) in [5.74, 6) is 0.518. The van der Waals surface area contributed by atoms with Gasteiger partial charge in [-0.1, -0.05) is 53.2 Å². The molecule has 3 N–H and O–H groups in total. The van der Waals surface area contributed by atoms with Crippen LogP contribution in [0.25, 0.3) is 0 Å². The van der Waals surface area contributed by atoms with E-state index in [0.29, 0.717) is 11.8 Å². The van der Waals surface area contributed by atoms with Crippen LogP contribution in [0.1, 0.15) is 136 Å². The lowest BCUT2D eigenvalue weighted by molar-refractivity contribution is -0.160. The Morgan fingerprint density at radius 1 is 1.18 bits per heavy atom. The number of rotatable bonds is 7. The number of fused-ring (bicyclic) bond motifs is 4. The Kier molecular flexibility index (Phi) is 6.55. The van der Waals surface area contributed by atoms with E-state index in [1.54, 1.807) is 13.8 Å². The summed E-state index contributed by atoms with van der Waals surface area (Å²) in [6.45, 7) is 18.6. The van der Waals surface area contributed by atoms with E-state index in [1.165, 1.54) is 12.5 Å². The van der Waals surface area contributed by atoms with Gasteiger partial charge in [-0.2, -0.15) is 0 Å². The monoisotopic (exact) mass is 540 g/mol. The highest BCUT2D eigenvalue weighted by Crippen LogP contribution is 2.91. The summed E-state index contributed by atoms with van der Waals surface area (Å²) in [5.41, 5.74) is 1.74. The second-order valence-electron chi connectivity index (χ2n) is 15.1. The fraction of sp³-hybridized carbons (Fsp3) is 0.794. The zero-order valence-electron chi connectivity index (χ0n) is 25.7. The topological polar surface area (TPSA) is 87.0 Å². The minimum Gasteiger partial charge on any atom is -0.455 e. The van der Waals surface area contributed by atoms with Gasteiger partial charge in [0.05, 0.1) is 12.2 Å². The highest BCUT2D eigenvalue weighted by molar-refractivity contribution is 5.66. The van der Waals surface area contributed by atoms with Gasteiger partial charge in [0.1, 0.15) is 5.60 Å². The van der Waals surface area contributed by atoms with Crippen molar-refractivity contribution in [1.82, 2.24) is 0 Å². The minimum atomic E-state index is -1.26. The molecule has 4 aliphatic rings. The number of hydrogen-bond acceptors (Lipinski definition) is 5. The second kappa shape index (κ2) is 8.79. The molecule has 0 radical (unpaired) electrons. The number of hydrogen-bond donors (Lipinski definition) is 3. The molecule has 0 heterocycles. The summed E-state index contributed by atoms with van der Waals surface area (Å²) < 4.78 is 5.59. The van der Waals surface area contributed by atoms with Crippen LogP contribution >= 0.6 is 0 Å². The van der Waals surface area contributed by atoms with Crippen LogP contribution in [0.3, 0.4) is 0 Å². The van der Waals surface area contributed by atoms with Crippen LogP contribution in [0.15, 0.2) is 18.2 Å². The molecule has 0 aromatic heterocycles. The molecule has 0 bridgehead atoms. The van der Waals surface area contributed by atoms with Crippen molar-refractivity contribution in [3.63, 3.8) is 0 Å². The molecule has 5 heteroatoms. The second-order valence-corrected chi connectivity index (χ2v) is 15.1. The Hall–Kier alpha value is -1.43. The van der Waals surface area contributed by atoms with E-state index in [4.69, 9.17) is 4.74 Å². The number of benzene rings is 1. The Balaban J connectivity index is 1.60. The molecule has 0 saturated heterocycles. The van der Waals surface area contributed by atoms with Crippen molar-refractivity contribution in [1.29, 1.82) is 0 Å². The number of aliphatic hydroxyl groups is 3. The number of aliphatic hydroxyl groups excluding tert-OH is 2. The summed E-state index contributed by atoms with van der Waals surface area (Å²) in [4.78, 5) is 11.9. The van der Waals surface area contributed by atoms with Gasteiger partial charge in [0.25, 0.3) is 0 Å². The molecule has 3 fully saturated rings. The first-order valence-corrected chi connectivity index (χ1v) is 15.4. The summed E-state index contributed by atoms with van der Waals surface area (Å²) in [6, 6.07) is 6.12. The van der Waals surface area contributed by atoms with E-state index in [9.17, 15) is 20.1 Å². The number of ether oxygens (including phenoxy) is 1. The summed E-state index contributed by atoms with van der Waals surface area (Å²) in [6.07, 6.45) is 5.78. The third-order valence-corrected chi connectivity index (χ3v) is 13.4. The molecule has 1 aromatic carbocycles. The van der Waals surface area contributed by atoms with Crippen molar-refractivity contribution in [2.75, 3.05) is 0 Å². The predicted molar refractivity (Wildman–Crippen MR) is 153 cm³/mol. The first-order chi connectivity index (χ1) is 18.0. The highest BCUT2D eigenvalue weighted by atomic mass is 16.6. The zero-order valence-corrected chi connectivity index (χ0v) is 25.7. The van der Waals surface area contributed by atoms with E-state index >= 15 is 0 Å². The average molecular weight is 541 g/mol. The Labute approximate surface area is 235 Å². The molecule has 5 rings (SSSR count). The lowest BCUT2D eigenvalue weighted by atomic mass is 9.42. The Bertz CT molecular complexity index is 1150. The van der Waals surface area contributed by atoms with Crippen molar-refractivity contribution in [3.8, 4) is 0 Å². The maximum atomic E-state index is 12.3. The molecule has 0 amide bonds. The Morgan fingerprint density at radius 3 is 2.41 bits per heavy atom. The molecule has 4 aliphatic carbocycles. The average Bonchev–Trinajstić information content (AvgIpc) is 3.35. The van der Waals surface area contributed by atoms with E-state index in [0.717, 1.165) is 56.1 Å². The maximum absolute atomic E-state index is 12.3. The molecule has 218 valence electrons. The number of carbonyl (C=O) groups is 1. The van der Waals surface area contributed by atoms with Crippen LogP contribution in [-0.2, 0) is 14.9 Å². The third-order valence-electron chi connectivity index (χ3n) is 13.4. The predicted octanol–water partition coefficient (Wildman–Crippen LogP) is 6.78. The molecule has 3 saturated carbocycles. The van der Waals surface area contributed by atoms with Gasteiger partial charge >= 0.3 is 5.97 Å². The fourth-order valence-electron chi connectivity index (χ4n) is 11.2. The number of esters is 1. The van der Waals surface area contributed by atoms with Crippen LogP contribution < -0.4 is 0 Å². The van der Waals surface area contributed by atoms with Crippen LogP contribution in [0.2, 0.25) is 0 Å². The smallest absolute Gasteiger partial charge is 0.303 e. The molecule has 39 heavy (non-hydrogen) atoms. The van der Waals surface area contributed by atoms with E-state index in [2.05, 4.69) is 40.7 Å². The van der Waals surface area contributed by atoms with E-state index in [-0.39, 0.29) is 33.2 Å². The first-order valence-electron chi connectivity index (χ1n) is 15.4. The molecule has 5 nitrogen and oxygen atoms in total. The first kappa shape index (κ1) is 29.1. The zero-order chi connectivity index (χ0) is 29.0. The van der Waals surface area contributed by atoms with Crippen LogP contribution in [0.5, 0.6) is 0 Å². The fourth-order valence-corrected chi connectivity index (χ4v) is 11.2. The molecule has 1 aromatic rings. The molecule has 0 aliphatic heterocycles. The highest BCUT2D eigenvalue weighted by Gasteiger charge is 2.86. The van der Waals surface area contributed by atoms with Crippen molar-refractivity contribution in [3.05, 3.63) is 34.9 Å². The third kappa shape index (κ3) is 3.45. The minimum absolute atomic E-state index is 0.167. The van der Waals surface area contributed by atoms with Crippen LogP contribution in [-0.4, -0.2) is 33.0 Å². The standard InChI is InChI=1S/C34H52O5/c1-10-30(7)15-14-26-32(9)27(37)24-19-23(28(29(5,6)38)39-22(4)36)11-12-25(24)31(32,8)17-18-33(26)21(3)34(30,33)16-13-20(2)35/h11-12,19-21,26-28,35,37-38H,10,13-18H2,1-9H3. The SMILES string of the molecule is CCC1(C)CCC2C3(C)C(O)c4cc(C(OC(C)=O)C(C)(C)O)ccc4C3(C)CCC23C(C)C13CCC(C)O. The lowest BCUT2D eigenvalue weighted by Gasteiger charge is -2.62. The summed E-state index contributed by atoms with van der Waals surface area (Å²) in [7, 11) is 0. The van der Waals surface area contributed by atoms with Gasteiger partial charge in [0.2, 0.25) is 0 Å². The quantitative estimate of drug-likeness (QED) is 0.332. The molecule has 10 atom stereocenters. The normalized spacial score (nSPS) is 43.9. The van der Waals surface area contributed by atoms with Gasteiger partial charge in [0.15, 0.2) is 6.10 Å². The van der Waals surface area contributed by atoms with Gasteiger partial charge in [-0.25, -0.2) is 0 Å². The lowest BCUT2D eigenvalue weighted by Crippen LogP contribution is -2.57. The van der Waals surface area contributed by atoms with Crippen molar-refractivity contribution < 1.29 is 24.9 Å².